The minimum atomic E-state index is -0.714. The molecule has 0 saturated carbocycles. The molecular formula is C19H22FN3O4S. The Morgan fingerprint density at radius 1 is 1.36 bits per heavy atom. The van der Waals surface area contributed by atoms with Crippen LogP contribution < -0.4 is 0 Å². The summed E-state index contributed by atoms with van der Waals surface area (Å²) in [4.78, 5) is 25.5. The summed E-state index contributed by atoms with van der Waals surface area (Å²) < 4.78 is 22.1. The Labute approximate surface area is 166 Å². The first-order chi connectivity index (χ1) is 13.5. The van der Waals surface area contributed by atoms with Crippen molar-refractivity contribution in [1.82, 2.24) is 4.37 Å². The molecule has 1 heterocycles. The van der Waals surface area contributed by atoms with E-state index in [1.807, 2.05) is 13.8 Å². The second-order valence-corrected chi connectivity index (χ2v) is 7.55. The van der Waals surface area contributed by atoms with Crippen LogP contribution in [0.15, 0.2) is 38.9 Å². The van der Waals surface area contributed by atoms with Crippen molar-refractivity contribution < 1.29 is 23.8 Å². The fraction of sp³-hybridized carbons (Fsp3) is 0.526. The Hall–Kier alpha value is -2.42. The number of halogens is 1. The maximum Gasteiger partial charge on any atom is 0.313 e. The highest BCUT2D eigenvalue weighted by Crippen LogP contribution is 2.46. The van der Waals surface area contributed by atoms with Gasteiger partial charge in [0.05, 0.1) is 12.5 Å². The van der Waals surface area contributed by atoms with Gasteiger partial charge in [0.1, 0.15) is 0 Å². The van der Waals surface area contributed by atoms with Crippen LogP contribution in [0.3, 0.4) is 0 Å². The van der Waals surface area contributed by atoms with Crippen molar-refractivity contribution >= 4 is 29.1 Å². The summed E-state index contributed by atoms with van der Waals surface area (Å²) in [5.74, 6) is -1.96. The summed E-state index contributed by atoms with van der Waals surface area (Å²) in [7, 11) is 0. The van der Waals surface area contributed by atoms with Crippen molar-refractivity contribution in [2.45, 2.75) is 46.0 Å². The molecule has 28 heavy (non-hydrogen) atoms. The molecule has 0 saturated heterocycles. The lowest BCUT2D eigenvalue weighted by molar-refractivity contribution is -0.148. The molecule has 0 amide bonds. The third kappa shape index (κ3) is 3.89. The van der Waals surface area contributed by atoms with Crippen LogP contribution in [0, 0.1) is 17.0 Å². The highest BCUT2D eigenvalue weighted by molar-refractivity contribution is 7.04. The van der Waals surface area contributed by atoms with Gasteiger partial charge >= 0.3 is 5.97 Å². The van der Waals surface area contributed by atoms with Crippen LogP contribution in [0.5, 0.6) is 0 Å². The maximum absolute atomic E-state index is 13.1. The number of hydrogen-bond donors (Lipinski definition) is 1. The predicted molar refractivity (Wildman–Crippen MR) is 101 cm³/mol. The number of aromatic nitrogens is 1. The molecule has 2 aliphatic carbocycles. The zero-order chi connectivity index (χ0) is 20.3. The van der Waals surface area contributed by atoms with E-state index in [1.54, 1.807) is 0 Å². The Morgan fingerprint density at radius 3 is 2.79 bits per heavy atom. The number of ketones is 1. The van der Waals surface area contributed by atoms with E-state index in [2.05, 4.69) is 14.6 Å². The largest absolute Gasteiger partial charge is 0.505 e. The number of aliphatic hydroxyl groups excluding tert-OH is 1. The quantitative estimate of drug-likeness (QED) is 0.398. The summed E-state index contributed by atoms with van der Waals surface area (Å²) >= 11 is 0.621. The Kier molecular flexibility index (Phi) is 6.33. The molecule has 1 N–H and O–H groups in total. The predicted octanol–water partition coefficient (Wildman–Crippen LogP) is 4.79. The van der Waals surface area contributed by atoms with Gasteiger partial charge in [-0.3, -0.25) is 9.59 Å². The second-order valence-electron chi connectivity index (χ2n) is 6.80. The summed E-state index contributed by atoms with van der Waals surface area (Å²) in [6.07, 6.45) is 3.52. The number of carbonyl (C=O) groups is 2. The molecule has 9 heteroatoms. The average Bonchev–Trinajstić information content (AvgIpc) is 3.21. The van der Waals surface area contributed by atoms with Crippen LogP contribution in [0.25, 0.3) is 0 Å². The molecule has 2 atom stereocenters. The smallest absolute Gasteiger partial charge is 0.313 e. The topological polar surface area (TPSA) is 101 Å². The summed E-state index contributed by atoms with van der Waals surface area (Å²) in [6, 6.07) is 1.08. The van der Waals surface area contributed by atoms with Crippen molar-refractivity contribution in [1.29, 1.82) is 0 Å². The van der Waals surface area contributed by atoms with E-state index in [9.17, 15) is 19.1 Å². The van der Waals surface area contributed by atoms with Crippen LogP contribution in [-0.4, -0.2) is 27.8 Å². The monoisotopic (exact) mass is 407 g/mol. The molecule has 1 aromatic heterocycles. The summed E-state index contributed by atoms with van der Waals surface area (Å²) in [6.45, 7) is 4.26. The zero-order valence-corrected chi connectivity index (χ0v) is 16.6. The van der Waals surface area contributed by atoms with E-state index in [0.717, 1.165) is 25.3 Å². The van der Waals surface area contributed by atoms with Crippen molar-refractivity contribution in [3.05, 3.63) is 33.8 Å². The molecule has 0 aliphatic heterocycles. The number of azo groups is 1. The zero-order valence-electron chi connectivity index (χ0n) is 15.8. The minimum Gasteiger partial charge on any atom is -0.505 e. The first-order valence-corrected chi connectivity index (χ1v) is 10.2. The standard InChI is InChI=1S/C19H22FN3O4S/c1-3-5-8-27-19(26)11-7-6-10(4-2)14-15(11)18(25)16(17(14)24)22-21-13-9-12(20)28-23-13/h9-11,24H,3-8H2,1-2H3. The molecule has 2 aliphatic rings. The van der Waals surface area contributed by atoms with Gasteiger partial charge in [-0.05, 0) is 43.1 Å². The number of unbranched alkanes of at least 4 members (excludes halogenated alkanes) is 1. The number of hydrogen-bond acceptors (Lipinski definition) is 8. The number of carbonyl (C=O) groups excluding carboxylic acids is 2. The van der Waals surface area contributed by atoms with Gasteiger partial charge in [-0.1, -0.05) is 20.3 Å². The number of aliphatic hydroxyl groups is 1. The van der Waals surface area contributed by atoms with Gasteiger partial charge in [-0.25, -0.2) is 0 Å². The first-order valence-electron chi connectivity index (χ1n) is 9.40. The molecular weight excluding hydrogens is 385 g/mol. The van der Waals surface area contributed by atoms with Gasteiger partial charge in [0.25, 0.3) is 0 Å². The number of rotatable bonds is 7. The summed E-state index contributed by atoms with van der Waals surface area (Å²) in [5.41, 5.74) is 0.496. The fourth-order valence-corrected chi connectivity index (χ4v) is 4.00. The lowest BCUT2D eigenvalue weighted by Gasteiger charge is -2.28. The van der Waals surface area contributed by atoms with Crippen LogP contribution in [0.2, 0.25) is 0 Å². The summed E-state index contributed by atoms with van der Waals surface area (Å²) in [5, 5.41) is 17.7. The van der Waals surface area contributed by atoms with Crippen LogP contribution in [0.1, 0.15) is 46.0 Å². The van der Waals surface area contributed by atoms with E-state index in [0.29, 0.717) is 36.6 Å². The normalized spacial score (nSPS) is 22.3. The van der Waals surface area contributed by atoms with Crippen LogP contribution >= 0.6 is 11.5 Å². The van der Waals surface area contributed by atoms with Crippen molar-refractivity contribution in [3.63, 3.8) is 0 Å². The van der Waals surface area contributed by atoms with Crippen molar-refractivity contribution in [3.8, 4) is 0 Å². The molecule has 1 aromatic rings. The average molecular weight is 407 g/mol. The first kappa shape index (κ1) is 20.3. The van der Waals surface area contributed by atoms with Gasteiger partial charge in [0.2, 0.25) is 5.78 Å². The van der Waals surface area contributed by atoms with E-state index >= 15 is 0 Å². The highest BCUT2D eigenvalue weighted by atomic mass is 32.1. The number of nitrogens with zero attached hydrogens (tertiary/aromatic N) is 3. The Bertz CT molecular complexity index is 874. The Balaban J connectivity index is 1.88. The highest BCUT2D eigenvalue weighted by Gasteiger charge is 2.45. The minimum absolute atomic E-state index is 0.0167. The molecule has 3 rings (SSSR count). The van der Waals surface area contributed by atoms with Gasteiger partial charge in [-0.15, -0.1) is 10.2 Å². The third-order valence-corrected chi connectivity index (χ3v) is 5.60. The maximum atomic E-state index is 13.1. The van der Waals surface area contributed by atoms with Gasteiger partial charge in [0.15, 0.2) is 22.4 Å². The number of allylic oxidation sites excluding steroid dienone is 2. The van der Waals surface area contributed by atoms with Gasteiger partial charge in [0, 0.05) is 17.2 Å². The molecule has 0 spiro atoms. The molecule has 0 aromatic carbocycles. The van der Waals surface area contributed by atoms with E-state index in [4.69, 9.17) is 4.74 Å². The number of esters is 1. The van der Waals surface area contributed by atoms with Crippen LogP contribution in [-0.2, 0) is 14.3 Å². The van der Waals surface area contributed by atoms with Crippen LogP contribution in [0.4, 0.5) is 10.2 Å². The molecule has 0 bridgehead atoms. The fourth-order valence-electron chi connectivity index (χ4n) is 3.58. The van der Waals surface area contributed by atoms with E-state index < -0.39 is 22.8 Å². The lowest BCUT2D eigenvalue weighted by atomic mass is 9.76. The van der Waals surface area contributed by atoms with E-state index in [1.165, 1.54) is 0 Å². The third-order valence-electron chi connectivity index (χ3n) is 5.03. The molecule has 7 nitrogen and oxygen atoms in total. The number of Topliss-reactive ketones (excluding diaryl/α,β-unsaturated/α-hetero) is 1. The lowest BCUT2D eigenvalue weighted by Crippen LogP contribution is -2.29. The van der Waals surface area contributed by atoms with Crippen molar-refractivity contribution in [2.75, 3.05) is 6.61 Å². The van der Waals surface area contributed by atoms with Gasteiger partial charge in [-0.2, -0.15) is 8.76 Å². The second kappa shape index (κ2) is 8.72. The molecule has 2 unspecified atom stereocenters. The van der Waals surface area contributed by atoms with Gasteiger partial charge < -0.3 is 9.84 Å². The number of ether oxygens (including phenoxy) is 1. The molecule has 150 valence electrons. The Morgan fingerprint density at radius 2 is 2.14 bits per heavy atom. The SMILES string of the molecule is CCCCOC(=O)C1CCC(CC)C2=C1C(=O)C(N=Nc1cc(F)sn1)=C2O. The van der Waals surface area contributed by atoms with Crippen molar-refractivity contribution in [2.24, 2.45) is 22.1 Å². The van der Waals surface area contributed by atoms with E-state index in [-0.39, 0.29) is 28.8 Å². The molecule has 0 radical (unpaired) electrons. The molecule has 0 fully saturated rings.